The summed E-state index contributed by atoms with van der Waals surface area (Å²) in [5.41, 5.74) is 0. The number of unbranched alkanes of at least 4 members (excludes halogenated alkanes) is 3. The van der Waals surface area contributed by atoms with Crippen molar-refractivity contribution >= 4 is 11.9 Å². The van der Waals surface area contributed by atoms with E-state index in [2.05, 4.69) is 18.4 Å². The average Bonchev–Trinajstić information content (AvgIpc) is 2.14. The Morgan fingerprint density at radius 2 is 1.69 bits per heavy atom. The number of hydrogen-bond acceptors (Lipinski definition) is 3. The Bertz CT molecular complexity index is 119. The molecule has 0 heterocycles. The van der Waals surface area contributed by atoms with E-state index < -0.39 is 0 Å². The summed E-state index contributed by atoms with van der Waals surface area (Å²) in [6.07, 6.45) is 8.51. The van der Waals surface area contributed by atoms with Crippen LogP contribution in [0.5, 0.6) is 0 Å². The van der Waals surface area contributed by atoms with Crippen molar-refractivity contribution in [1.29, 1.82) is 0 Å². The zero-order valence-corrected chi connectivity index (χ0v) is 9.61. The van der Waals surface area contributed by atoms with E-state index in [4.69, 9.17) is 0 Å². The molecule has 0 bridgehead atoms. The van der Waals surface area contributed by atoms with Crippen LogP contribution in [-0.2, 0) is 0 Å². The van der Waals surface area contributed by atoms with Gasteiger partial charge in [-0.1, -0.05) is 46.0 Å². The van der Waals surface area contributed by atoms with Gasteiger partial charge in [-0.3, -0.25) is 0 Å². The number of rotatable bonds is 9. The normalized spacial score (nSPS) is 12.8. The molecule has 0 spiro atoms. The van der Waals surface area contributed by atoms with Gasteiger partial charge in [-0.05, 0) is 12.8 Å². The van der Waals surface area contributed by atoms with Crippen LogP contribution in [0.4, 0.5) is 0 Å². The summed E-state index contributed by atoms with van der Waals surface area (Å²) in [6.45, 7) is 4.38. The van der Waals surface area contributed by atoms with Gasteiger partial charge >= 0.3 is 0 Å². The first kappa shape index (κ1) is 12.9. The van der Waals surface area contributed by atoms with Gasteiger partial charge in [0.2, 0.25) is 0 Å². The first-order chi connectivity index (χ1) is 6.35. The fourth-order valence-electron chi connectivity index (χ4n) is 1.36. The van der Waals surface area contributed by atoms with Crippen molar-refractivity contribution in [2.75, 3.05) is 0 Å². The molecule has 3 heteroatoms. The first-order valence-electron chi connectivity index (χ1n) is 5.33. The highest BCUT2D eigenvalue weighted by Crippen LogP contribution is 2.23. The van der Waals surface area contributed by atoms with Crippen LogP contribution < -0.4 is 0 Å². The molecule has 0 fully saturated rings. The highest BCUT2D eigenvalue weighted by Gasteiger charge is 2.08. The number of nitroso groups, excluding NO2 is 1. The zero-order chi connectivity index (χ0) is 9.94. The van der Waals surface area contributed by atoms with Crippen LogP contribution in [0.2, 0.25) is 0 Å². The molecule has 1 atom stereocenters. The molecule has 0 radical (unpaired) electrons. The summed E-state index contributed by atoms with van der Waals surface area (Å²) in [7, 11) is 0. The number of hydrogen-bond donors (Lipinski definition) is 0. The van der Waals surface area contributed by atoms with Gasteiger partial charge in [-0.25, -0.2) is 0 Å². The monoisotopic (exact) mass is 203 g/mol. The number of nitrogens with zero attached hydrogens (tertiary/aromatic N) is 1. The van der Waals surface area contributed by atoms with Crippen molar-refractivity contribution in [3.63, 3.8) is 0 Å². The molecule has 13 heavy (non-hydrogen) atoms. The second-order valence-electron chi connectivity index (χ2n) is 3.44. The van der Waals surface area contributed by atoms with E-state index in [0.29, 0.717) is 5.25 Å². The molecule has 78 valence electrons. The molecule has 2 nitrogen and oxygen atoms in total. The highest BCUT2D eigenvalue weighted by molar-refractivity contribution is 7.98. The molecule has 1 unspecified atom stereocenters. The lowest BCUT2D eigenvalue weighted by molar-refractivity contribution is 0.597. The van der Waals surface area contributed by atoms with Crippen LogP contribution in [0.15, 0.2) is 4.58 Å². The third-order valence-corrected chi connectivity index (χ3v) is 3.06. The van der Waals surface area contributed by atoms with Crippen molar-refractivity contribution in [2.45, 2.75) is 64.0 Å². The Morgan fingerprint density at radius 1 is 1.08 bits per heavy atom. The molecular formula is C10H21NOS. The van der Waals surface area contributed by atoms with Gasteiger partial charge in [-0.15, -0.1) is 4.91 Å². The fourth-order valence-corrected chi connectivity index (χ4v) is 2.03. The summed E-state index contributed by atoms with van der Waals surface area (Å²) < 4.78 is 2.93. The Hall–Kier alpha value is -0.0500. The molecule has 0 aliphatic rings. The third kappa shape index (κ3) is 8.28. The van der Waals surface area contributed by atoms with E-state index >= 15 is 0 Å². The minimum Gasteiger partial charge on any atom is -0.137 e. The molecule has 0 rings (SSSR count). The van der Waals surface area contributed by atoms with E-state index in [1.165, 1.54) is 44.1 Å². The maximum absolute atomic E-state index is 10.1. The average molecular weight is 203 g/mol. The lowest BCUT2D eigenvalue weighted by Gasteiger charge is -2.10. The largest absolute Gasteiger partial charge is 0.137 e. The topological polar surface area (TPSA) is 29.4 Å². The van der Waals surface area contributed by atoms with Crippen LogP contribution >= 0.6 is 11.9 Å². The highest BCUT2D eigenvalue weighted by atomic mass is 32.2. The van der Waals surface area contributed by atoms with Crippen LogP contribution in [0.3, 0.4) is 0 Å². The predicted octanol–water partition coefficient (Wildman–Crippen LogP) is 4.54. The molecule has 0 aromatic rings. The summed E-state index contributed by atoms with van der Waals surface area (Å²) in [5.74, 6) is 0. The van der Waals surface area contributed by atoms with Crippen LogP contribution in [0.1, 0.15) is 58.8 Å². The fraction of sp³-hybridized carbons (Fsp3) is 1.00. The lowest BCUT2D eigenvalue weighted by atomic mass is 10.1. The molecule has 0 aliphatic carbocycles. The standard InChI is InChI=1S/C10H21NOS/c1-3-5-7-9-10(13-11-12)8-6-4-2/h10H,3-9H2,1-2H3. The lowest BCUT2D eigenvalue weighted by Crippen LogP contribution is -2.01. The van der Waals surface area contributed by atoms with E-state index in [9.17, 15) is 4.91 Å². The van der Waals surface area contributed by atoms with Gasteiger partial charge < -0.3 is 0 Å². The molecule has 0 aromatic heterocycles. The summed E-state index contributed by atoms with van der Waals surface area (Å²) in [4.78, 5) is 10.1. The SMILES string of the molecule is CCCCCC(CCCC)SN=O. The van der Waals surface area contributed by atoms with E-state index in [-0.39, 0.29) is 0 Å². The molecule has 0 N–H and O–H groups in total. The van der Waals surface area contributed by atoms with Gasteiger partial charge in [0.15, 0.2) is 0 Å². The van der Waals surface area contributed by atoms with Crippen molar-refractivity contribution in [3.05, 3.63) is 4.91 Å². The van der Waals surface area contributed by atoms with Gasteiger partial charge in [0, 0.05) is 21.8 Å². The van der Waals surface area contributed by atoms with Gasteiger partial charge in [-0.2, -0.15) is 0 Å². The van der Waals surface area contributed by atoms with Crippen molar-refractivity contribution in [2.24, 2.45) is 4.58 Å². The molecule has 0 saturated carbocycles. The van der Waals surface area contributed by atoms with E-state index in [1.807, 2.05) is 0 Å². The Kier molecular flexibility index (Phi) is 10.00. The second kappa shape index (κ2) is 10.0. The second-order valence-corrected chi connectivity index (χ2v) is 4.47. The van der Waals surface area contributed by atoms with Crippen LogP contribution in [0, 0.1) is 4.91 Å². The van der Waals surface area contributed by atoms with E-state index in [1.54, 1.807) is 0 Å². The van der Waals surface area contributed by atoms with Crippen LogP contribution in [0.25, 0.3) is 0 Å². The van der Waals surface area contributed by atoms with Gasteiger partial charge in [0.05, 0.1) is 0 Å². The molecule has 0 amide bonds. The maximum Gasteiger partial charge on any atom is 0.0300 e. The van der Waals surface area contributed by atoms with Crippen LogP contribution in [-0.4, -0.2) is 5.25 Å². The van der Waals surface area contributed by atoms with Gasteiger partial charge in [0.25, 0.3) is 0 Å². The predicted molar refractivity (Wildman–Crippen MR) is 60.8 cm³/mol. The Morgan fingerprint density at radius 3 is 2.23 bits per heavy atom. The minimum atomic E-state index is 0.476. The summed E-state index contributed by atoms with van der Waals surface area (Å²) >= 11 is 1.24. The van der Waals surface area contributed by atoms with Gasteiger partial charge in [0.1, 0.15) is 0 Å². The van der Waals surface area contributed by atoms with Crippen molar-refractivity contribution < 1.29 is 0 Å². The molecular weight excluding hydrogens is 182 g/mol. The van der Waals surface area contributed by atoms with E-state index in [0.717, 1.165) is 12.8 Å². The third-order valence-electron chi connectivity index (χ3n) is 2.20. The minimum absolute atomic E-state index is 0.476. The zero-order valence-electron chi connectivity index (χ0n) is 8.79. The smallest absolute Gasteiger partial charge is 0.0300 e. The van der Waals surface area contributed by atoms with Crippen molar-refractivity contribution in [3.8, 4) is 0 Å². The first-order valence-corrected chi connectivity index (χ1v) is 6.17. The van der Waals surface area contributed by atoms with Crippen molar-refractivity contribution in [1.82, 2.24) is 0 Å². The Balaban J connectivity index is 3.47. The maximum atomic E-state index is 10.1. The quantitative estimate of drug-likeness (QED) is 0.313. The molecule has 0 saturated heterocycles. The molecule has 0 aliphatic heterocycles. The molecule has 0 aromatic carbocycles. The summed E-state index contributed by atoms with van der Waals surface area (Å²) in [5, 5.41) is 0.476. The Labute approximate surface area is 86.0 Å². The summed E-state index contributed by atoms with van der Waals surface area (Å²) in [6, 6.07) is 0.